The molecule has 1 N–H and O–H groups in total. The Morgan fingerprint density at radius 2 is 2.18 bits per heavy atom. The molecule has 1 saturated carbocycles. The van der Waals surface area contributed by atoms with Crippen molar-refractivity contribution in [2.24, 2.45) is 0 Å². The van der Waals surface area contributed by atoms with Crippen LogP contribution in [0, 0.1) is 5.82 Å². The summed E-state index contributed by atoms with van der Waals surface area (Å²) < 4.78 is 13.6. The number of rotatable bonds is 4. The highest BCUT2D eigenvalue weighted by molar-refractivity contribution is 6.31. The maximum Gasteiger partial charge on any atom is 0.129 e. The maximum absolute atomic E-state index is 13.6. The van der Waals surface area contributed by atoms with E-state index in [0.717, 1.165) is 19.3 Å². The number of halogens is 2. The van der Waals surface area contributed by atoms with Gasteiger partial charge in [0.25, 0.3) is 0 Å². The van der Waals surface area contributed by atoms with Crippen LogP contribution >= 0.6 is 11.6 Å². The predicted octanol–water partition coefficient (Wildman–Crippen LogP) is 2.83. The molecule has 1 fully saturated rings. The number of benzene rings is 1. The van der Waals surface area contributed by atoms with Crippen LogP contribution in [0.5, 0.6) is 0 Å². The van der Waals surface area contributed by atoms with Crippen molar-refractivity contribution in [2.45, 2.75) is 31.4 Å². The van der Waals surface area contributed by atoms with Gasteiger partial charge in [0, 0.05) is 23.7 Å². The van der Waals surface area contributed by atoms with E-state index in [1.54, 1.807) is 12.1 Å². The fraction of sp³-hybridized carbons (Fsp3) is 0.538. The lowest BCUT2D eigenvalue weighted by Crippen LogP contribution is -2.46. The molecule has 4 heteroatoms. The topological polar surface area (TPSA) is 23.5 Å². The van der Waals surface area contributed by atoms with E-state index in [2.05, 4.69) is 0 Å². The van der Waals surface area contributed by atoms with Crippen molar-refractivity contribution >= 4 is 11.6 Å². The van der Waals surface area contributed by atoms with E-state index >= 15 is 0 Å². The third-order valence-corrected chi connectivity index (χ3v) is 3.69. The van der Waals surface area contributed by atoms with Crippen molar-refractivity contribution in [1.29, 1.82) is 0 Å². The van der Waals surface area contributed by atoms with Crippen LogP contribution in [0.1, 0.15) is 24.8 Å². The third kappa shape index (κ3) is 2.97. The van der Waals surface area contributed by atoms with Gasteiger partial charge in [-0.1, -0.05) is 17.7 Å². The monoisotopic (exact) mass is 257 g/mol. The molecule has 0 heterocycles. The van der Waals surface area contributed by atoms with E-state index in [1.165, 1.54) is 6.07 Å². The van der Waals surface area contributed by atoms with Gasteiger partial charge in [0.05, 0.1) is 5.60 Å². The molecule has 0 spiro atoms. The fourth-order valence-electron chi connectivity index (χ4n) is 2.25. The maximum atomic E-state index is 13.6. The molecule has 1 aliphatic carbocycles. The molecule has 17 heavy (non-hydrogen) atoms. The van der Waals surface area contributed by atoms with Crippen LogP contribution in [0.25, 0.3) is 0 Å². The molecule has 0 unspecified atom stereocenters. The molecular formula is C13H17ClFNO. The zero-order valence-electron chi connectivity index (χ0n) is 9.92. The molecule has 1 aromatic rings. The quantitative estimate of drug-likeness (QED) is 0.897. The van der Waals surface area contributed by atoms with Crippen molar-refractivity contribution in [3.05, 3.63) is 34.6 Å². The van der Waals surface area contributed by atoms with Crippen molar-refractivity contribution in [3.63, 3.8) is 0 Å². The Bertz CT molecular complexity index is 386. The van der Waals surface area contributed by atoms with E-state index in [1.807, 2.05) is 11.9 Å². The van der Waals surface area contributed by atoms with Gasteiger partial charge < -0.3 is 5.11 Å². The van der Waals surface area contributed by atoms with Crippen LogP contribution in [0.15, 0.2) is 18.2 Å². The Kier molecular flexibility index (Phi) is 3.71. The van der Waals surface area contributed by atoms with E-state index in [-0.39, 0.29) is 5.82 Å². The molecule has 0 aromatic heterocycles. The van der Waals surface area contributed by atoms with Gasteiger partial charge in [-0.25, -0.2) is 4.39 Å². The highest BCUT2D eigenvalue weighted by Gasteiger charge is 2.35. The van der Waals surface area contributed by atoms with E-state index < -0.39 is 5.60 Å². The Balaban J connectivity index is 2.00. The highest BCUT2D eigenvalue weighted by Crippen LogP contribution is 2.32. The summed E-state index contributed by atoms with van der Waals surface area (Å²) in [6, 6.07) is 4.69. The first kappa shape index (κ1) is 12.8. The molecule has 94 valence electrons. The van der Waals surface area contributed by atoms with Gasteiger partial charge in [-0.15, -0.1) is 0 Å². The lowest BCUT2D eigenvalue weighted by molar-refractivity contribution is -0.0557. The highest BCUT2D eigenvalue weighted by atomic mass is 35.5. The molecule has 0 radical (unpaired) electrons. The average molecular weight is 258 g/mol. The summed E-state index contributed by atoms with van der Waals surface area (Å²) in [6.45, 7) is 0.992. The van der Waals surface area contributed by atoms with Crippen LogP contribution in [-0.4, -0.2) is 29.2 Å². The van der Waals surface area contributed by atoms with Gasteiger partial charge in [-0.3, -0.25) is 4.90 Å². The molecule has 0 atom stereocenters. The minimum Gasteiger partial charge on any atom is -0.389 e. The summed E-state index contributed by atoms with van der Waals surface area (Å²) in [4.78, 5) is 1.92. The molecule has 2 nitrogen and oxygen atoms in total. The molecule has 1 aliphatic rings. The molecule has 0 aliphatic heterocycles. The van der Waals surface area contributed by atoms with Crippen molar-refractivity contribution in [3.8, 4) is 0 Å². The number of likely N-dealkylation sites (N-methyl/N-ethyl adjacent to an activating group) is 1. The molecular weight excluding hydrogens is 241 g/mol. The van der Waals surface area contributed by atoms with Crippen LogP contribution in [0.4, 0.5) is 4.39 Å². The van der Waals surface area contributed by atoms with Crippen molar-refractivity contribution in [2.75, 3.05) is 13.6 Å². The van der Waals surface area contributed by atoms with Gasteiger partial charge >= 0.3 is 0 Å². The number of nitrogens with zero attached hydrogens (tertiary/aromatic N) is 1. The first-order valence-electron chi connectivity index (χ1n) is 5.84. The zero-order valence-corrected chi connectivity index (χ0v) is 10.7. The van der Waals surface area contributed by atoms with E-state index in [0.29, 0.717) is 23.7 Å². The van der Waals surface area contributed by atoms with E-state index in [9.17, 15) is 9.50 Å². The summed E-state index contributed by atoms with van der Waals surface area (Å²) in [5, 5.41) is 10.5. The first-order valence-corrected chi connectivity index (χ1v) is 6.22. The van der Waals surface area contributed by atoms with Gasteiger partial charge in [0.1, 0.15) is 5.82 Å². The summed E-state index contributed by atoms with van der Waals surface area (Å²) in [7, 11) is 1.87. The average Bonchev–Trinajstić information content (AvgIpc) is 2.21. The molecule has 0 saturated heterocycles. The second-order valence-electron chi connectivity index (χ2n) is 4.95. The number of aliphatic hydroxyl groups is 1. The van der Waals surface area contributed by atoms with Crippen LogP contribution in [-0.2, 0) is 6.54 Å². The Hall–Kier alpha value is -0.640. The molecule has 0 bridgehead atoms. The standard InChI is InChI=1S/C13H17ClFNO/c1-16(9-13(17)6-3-7-13)8-10-11(14)4-2-5-12(10)15/h2,4-5,17H,3,6-9H2,1H3. The number of hydrogen-bond donors (Lipinski definition) is 1. The van der Waals surface area contributed by atoms with E-state index in [4.69, 9.17) is 11.6 Å². The normalized spacial score (nSPS) is 18.2. The first-order chi connectivity index (χ1) is 8.00. The Morgan fingerprint density at radius 1 is 1.47 bits per heavy atom. The molecule has 1 aromatic carbocycles. The minimum atomic E-state index is -0.577. The van der Waals surface area contributed by atoms with Crippen molar-refractivity contribution in [1.82, 2.24) is 4.90 Å². The second-order valence-corrected chi connectivity index (χ2v) is 5.36. The zero-order chi connectivity index (χ0) is 12.5. The lowest BCUT2D eigenvalue weighted by Gasteiger charge is -2.39. The Morgan fingerprint density at radius 3 is 2.71 bits per heavy atom. The Labute approximate surface area is 106 Å². The number of hydrogen-bond acceptors (Lipinski definition) is 2. The van der Waals surface area contributed by atoms with Gasteiger partial charge in [-0.2, -0.15) is 0 Å². The predicted molar refractivity (Wildman–Crippen MR) is 66.5 cm³/mol. The third-order valence-electron chi connectivity index (χ3n) is 3.34. The smallest absolute Gasteiger partial charge is 0.129 e. The lowest BCUT2D eigenvalue weighted by atomic mass is 9.80. The summed E-state index contributed by atoms with van der Waals surface area (Å²) >= 11 is 5.96. The van der Waals surface area contributed by atoms with Crippen LogP contribution in [0.2, 0.25) is 5.02 Å². The summed E-state index contributed by atoms with van der Waals surface area (Å²) in [5.74, 6) is -0.287. The van der Waals surface area contributed by atoms with Crippen LogP contribution in [0.3, 0.4) is 0 Å². The fourth-order valence-corrected chi connectivity index (χ4v) is 2.48. The van der Waals surface area contributed by atoms with Gasteiger partial charge in [0.15, 0.2) is 0 Å². The molecule has 0 amide bonds. The largest absolute Gasteiger partial charge is 0.389 e. The van der Waals surface area contributed by atoms with Gasteiger partial charge in [-0.05, 0) is 38.4 Å². The van der Waals surface area contributed by atoms with Gasteiger partial charge in [0.2, 0.25) is 0 Å². The summed E-state index contributed by atoms with van der Waals surface area (Å²) in [6.07, 6.45) is 2.75. The minimum absolute atomic E-state index is 0.287. The second kappa shape index (κ2) is 4.92. The summed E-state index contributed by atoms with van der Waals surface area (Å²) in [5.41, 5.74) is -0.0773. The SMILES string of the molecule is CN(Cc1c(F)cccc1Cl)CC1(O)CCC1. The van der Waals surface area contributed by atoms with Crippen LogP contribution < -0.4 is 0 Å². The van der Waals surface area contributed by atoms with Crippen molar-refractivity contribution < 1.29 is 9.50 Å². The molecule has 2 rings (SSSR count).